The highest BCUT2D eigenvalue weighted by molar-refractivity contribution is 5.91. The van der Waals surface area contributed by atoms with Crippen molar-refractivity contribution in [3.8, 4) is 0 Å². The number of pyridine rings is 1. The van der Waals surface area contributed by atoms with E-state index in [4.69, 9.17) is 4.74 Å². The summed E-state index contributed by atoms with van der Waals surface area (Å²) in [5, 5.41) is 1.17. The molecule has 0 fully saturated rings. The van der Waals surface area contributed by atoms with E-state index in [1.54, 1.807) is 0 Å². The number of benzene rings is 2. The quantitative estimate of drug-likeness (QED) is 0.686. The first-order valence-electron chi connectivity index (χ1n) is 7.28. The highest BCUT2D eigenvalue weighted by atomic mass is 16.5. The van der Waals surface area contributed by atoms with Crippen molar-refractivity contribution >= 4 is 16.9 Å². The Bertz CT molecular complexity index is 806. The van der Waals surface area contributed by atoms with E-state index in [0.717, 1.165) is 23.9 Å². The van der Waals surface area contributed by atoms with Gasteiger partial charge in [-0.3, -0.25) is 4.98 Å². The third-order valence-electron chi connectivity index (χ3n) is 3.83. The van der Waals surface area contributed by atoms with Crippen molar-refractivity contribution in [2.45, 2.75) is 12.8 Å². The number of aryl methyl sites for hydroxylation is 2. The van der Waals surface area contributed by atoms with E-state index in [0.29, 0.717) is 5.56 Å². The number of hydrogen-bond donors (Lipinski definition) is 0. The van der Waals surface area contributed by atoms with Crippen molar-refractivity contribution in [2.24, 2.45) is 0 Å². The summed E-state index contributed by atoms with van der Waals surface area (Å²) in [6, 6.07) is 17.8. The maximum absolute atomic E-state index is 11.8. The molecule has 0 aliphatic rings. The Balaban J connectivity index is 1.88. The molecule has 0 amide bonds. The van der Waals surface area contributed by atoms with Crippen molar-refractivity contribution in [1.29, 1.82) is 0 Å². The van der Waals surface area contributed by atoms with Crippen LogP contribution in [0.4, 0.5) is 0 Å². The molecule has 1 heterocycles. The minimum atomic E-state index is -0.282. The molecule has 0 saturated heterocycles. The molecule has 2 aromatic carbocycles. The number of esters is 1. The fourth-order valence-corrected chi connectivity index (χ4v) is 2.69. The largest absolute Gasteiger partial charge is 0.465 e. The zero-order valence-electron chi connectivity index (χ0n) is 12.5. The molecular formula is C19H17NO2. The van der Waals surface area contributed by atoms with Crippen LogP contribution in [0.2, 0.25) is 0 Å². The molecule has 0 spiro atoms. The molecule has 0 unspecified atom stereocenters. The molecule has 3 rings (SSSR count). The van der Waals surface area contributed by atoms with Gasteiger partial charge in [-0.1, -0.05) is 36.4 Å². The van der Waals surface area contributed by atoms with Gasteiger partial charge < -0.3 is 4.74 Å². The number of carbonyl (C=O) groups is 1. The first-order chi connectivity index (χ1) is 10.8. The number of carbonyl (C=O) groups excluding carboxylic acids is 1. The second-order valence-corrected chi connectivity index (χ2v) is 5.14. The van der Waals surface area contributed by atoms with Crippen molar-refractivity contribution in [1.82, 2.24) is 4.98 Å². The molecule has 22 heavy (non-hydrogen) atoms. The van der Waals surface area contributed by atoms with Crippen LogP contribution >= 0.6 is 0 Å². The molecule has 0 saturated carbocycles. The highest BCUT2D eigenvalue weighted by Gasteiger charge is 2.11. The lowest BCUT2D eigenvalue weighted by molar-refractivity contribution is 0.0599. The smallest absolute Gasteiger partial charge is 0.338 e. The fourth-order valence-electron chi connectivity index (χ4n) is 2.69. The summed E-state index contributed by atoms with van der Waals surface area (Å²) in [6.07, 6.45) is 3.49. The molecule has 110 valence electrons. The number of hydrogen-bond acceptors (Lipinski definition) is 3. The van der Waals surface area contributed by atoms with Crippen LogP contribution in [0.25, 0.3) is 10.9 Å². The van der Waals surface area contributed by atoms with Gasteiger partial charge >= 0.3 is 5.97 Å². The molecule has 1 aromatic heterocycles. The molecule has 0 bridgehead atoms. The third kappa shape index (κ3) is 2.84. The number of aromatic nitrogens is 1. The molecule has 0 atom stereocenters. The van der Waals surface area contributed by atoms with Crippen molar-refractivity contribution in [3.05, 3.63) is 77.5 Å². The lowest BCUT2D eigenvalue weighted by Gasteiger charge is -2.09. The Morgan fingerprint density at radius 1 is 0.955 bits per heavy atom. The van der Waals surface area contributed by atoms with Gasteiger partial charge in [-0.05, 0) is 42.2 Å². The summed E-state index contributed by atoms with van der Waals surface area (Å²) in [5.41, 5.74) is 3.89. The lowest BCUT2D eigenvalue weighted by atomic mass is 9.98. The summed E-state index contributed by atoms with van der Waals surface area (Å²) in [4.78, 5) is 16.2. The summed E-state index contributed by atoms with van der Waals surface area (Å²) in [6.45, 7) is 0. The minimum Gasteiger partial charge on any atom is -0.465 e. The fraction of sp³-hybridized carbons (Fsp3) is 0.158. The first-order valence-corrected chi connectivity index (χ1v) is 7.28. The number of fused-ring (bicyclic) bond motifs is 1. The standard InChI is InChI=1S/C19H17NO2/c1-22-19(21)17-8-3-2-6-14(17)10-11-15-12-13-20-18-9-5-4-7-16(15)18/h2-9,12-13H,10-11H2,1H3. The van der Waals surface area contributed by atoms with Gasteiger partial charge in [-0.15, -0.1) is 0 Å². The van der Waals surface area contributed by atoms with E-state index in [-0.39, 0.29) is 5.97 Å². The normalized spacial score (nSPS) is 10.6. The van der Waals surface area contributed by atoms with E-state index in [1.165, 1.54) is 18.1 Å². The zero-order valence-corrected chi connectivity index (χ0v) is 12.5. The number of nitrogens with zero attached hydrogens (tertiary/aromatic N) is 1. The summed E-state index contributed by atoms with van der Waals surface area (Å²) in [7, 11) is 1.41. The Labute approximate surface area is 129 Å². The van der Waals surface area contributed by atoms with Crippen LogP contribution in [0.15, 0.2) is 60.8 Å². The predicted molar refractivity (Wildman–Crippen MR) is 86.9 cm³/mol. The van der Waals surface area contributed by atoms with E-state index in [9.17, 15) is 4.79 Å². The van der Waals surface area contributed by atoms with Crippen molar-refractivity contribution < 1.29 is 9.53 Å². The summed E-state index contributed by atoms with van der Waals surface area (Å²) < 4.78 is 4.85. The zero-order chi connectivity index (χ0) is 15.4. The molecule has 3 aromatic rings. The maximum Gasteiger partial charge on any atom is 0.338 e. The van der Waals surface area contributed by atoms with Crippen LogP contribution in [0.5, 0.6) is 0 Å². The Kier molecular flexibility index (Phi) is 4.15. The van der Waals surface area contributed by atoms with E-state index >= 15 is 0 Å². The van der Waals surface area contributed by atoms with E-state index in [1.807, 2.05) is 54.7 Å². The third-order valence-corrected chi connectivity index (χ3v) is 3.83. The first kappa shape index (κ1) is 14.3. The summed E-state index contributed by atoms with van der Waals surface area (Å²) in [5.74, 6) is -0.282. The minimum absolute atomic E-state index is 0.282. The summed E-state index contributed by atoms with van der Waals surface area (Å²) >= 11 is 0. The topological polar surface area (TPSA) is 39.2 Å². The average Bonchev–Trinajstić information content (AvgIpc) is 2.59. The van der Waals surface area contributed by atoms with Gasteiger partial charge in [0.25, 0.3) is 0 Å². The SMILES string of the molecule is COC(=O)c1ccccc1CCc1ccnc2ccccc12. The number of ether oxygens (including phenoxy) is 1. The molecule has 0 aliphatic heterocycles. The monoisotopic (exact) mass is 291 g/mol. The molecular weight excluding hydrogens is 274 g/mol. The van der Waals surface area contributed by atoms with Crippen LogP contribution in [0, 0.1) is 0 Å². The molecule has 3 nitrogen and oxygen atoms in total. The van der Waals surface area contributed by atoms with Crippen molar-refractivity contribution in [2.75, 3.05) is 7.11 Å². The van der Waals surface area contributed by atoms with Gasteiger partial charge in [-0.25, -0.2) is 4.79 Å². The predicted octanol–water partition coefficient (Wildman–Crippen LogP) is 3.81. The van der Waals surface area contributed by atoms with Gasteiger partial charge in [0.2, 0.25) is 0 Å². The highest BCUT2D eigenvalue weighted by Crippen LogP contribution is 2.19. The van der Waals surface area contributed by atoms with Crippen LogP contribution in [0.1, 0.15) is 21.5 Å². The average molecular weight is 291 g/mol. The molecule has 3 heteroatoms. The number of methoxy groups -OCH3 is 1. The van der Waals surface area contributed by atoms with E-state index in [2.05, 4.69) is 11.1 Å². The van der Waals surface area contributed by atoms with Crippen LogP contribution < -0.4 is 0 Å². The van der Waals surface area contributed by atoms with Gasteiger partial charge in [0, 0.05) is 11.6 Å². The van der Waals surface area contributed by atoms with Crippen LogP contribution in [-0.2, 0) is 17.6 Å². The number of rotatable bonds is 4. The Hall–Kier alpha value is -2.68. The molecule has 0 radical (unpaired) electrons. The van der Waals surface area contributed by atoms with Gasteiger partial charge in [0.05, 0.1) is 18.2 Å². The van der Waals surface area contributed by atoms with Gasteiger partial charge in [-0.2, -0.15) is 0 Å². The number of para-hydroxylation sites is 1. The van der Waals surface area contributed by atoms with E-state index < -0.39 is 0 Å². The second-order valence-electron chi connectivity index (χ2n) is 5.14. The lowest BCUT2D eigenvalue weighted by Crippen LogP contribution is -2.06. The van der Waals surface area contributed by atoms with Crippen LogP contribution in [0.3, 0.4) is 0 Å². The van der Waals surface area contributed by atoms with Gasteiger partial charge in [0.15, 0.2) is 0 Å². The van der Waals surface area contributed by atoms with Gasteiger partial charge in [0.1, 0.15) is 0 Å². The molecule has 0 aliphatic carbocycles. The Morgan fingerprint density at radius 3 is 2.55 bits per heavy atom. The van der Waals surface area contributed by atoms with Crippen molar-refractivity contribution in [3.63, 3.8) is 0 Å². The molecule has 0 N–H and O–H groups in total. The van der Waals surface area contributed by atoms with Crippen LogP contribution in [-0.4, -0.2) is 18.1 Å². The second kappa shape index (κ2) is 6.39. The maximum atomic E-state index is 11.8. The Morgan fingerprint density at radius 2 is 1.68 bits per heavy atom.